The van der Waals surface area contributed by atoms with Crippen LogP contribution in [0.5, 0.6) is 11.5 Å². The number of phenols is 1. The van der Waals surface area contributed by atoms with E-state index in [0.717, 1.165) is 28.0 Å². The minimum absolute atomic E-state index is 0.196. The van der Waals surface area contributed by atoms with E-state index in [1.54, 1.807) is 24.3 Å². The zero-order valence-corrected chi connectivity index (χ0v) is 10.5. The first-order valence-electron chi connectivity index (χ1n) is 6.07. The summed E-state index contributed by atoms with van der Waals surface area (Å²) in [6.45, 7) is 2.37. The van der Waals surface area contributed by atoms with Crippen LogP contribution in [-0.4, -0.2) is 11.7 Å². The van der Waals surface area contributed by atoms with Crippen molar-refractivity contribution in [1.29, 1.82) is 0 Å². The summed E-state index contributed by atoms with van der Waals surface area (Å²) in [7, 11) is 0. The summed E-state index contributed by atoms with van der Waals surface area (Å²) >= 11 is 0. The normalized spacial score (nSPS) is 14.0. The lowest BCUT2D eigenvalue weighted by Crippen LogP contribution is -2.09. The Morgan fingerprint density at radius 3 is 2.79 bits per heavy atom. The van der Waals surface area contributed by atoms with Crippen LogP contribution < -0.4 is 4.74 Å². The van der Waals surface area contributed by atoms with Crippen LogP contribution in [-0.2, 0) is 0 Å². The van der Waals surface area contributed by atoms with Crippen LogP contribution in [0.2, 0.25) is 0 Å². The van der Waals surface area contributed by atoms with Crippen molar-refractivity contribution in [2.75, 3.05) is 6.61 Å². The maximum Gasteiger partial charge on any atom is 0.127 e. The predicted molar refractivity (Wildman–Crippen MR) is 72.5 cm³/mol. The third-order valence-electron chi connectivity index (χ3n) is 3.36. The Morgan fingerprint density at radius 2 is 2.00 bits per heavy atom. The molecule has 0 unspecified atom stereocenters. The van der Waals surface area contributed by atoms with Crippen LogP contribution in [0.4, 0.5) is 4.39 Å². The third kappa shape index (κ3) is 2.08. The summed E-state index contributed by atoms with van der Waals surface area (Å²) in [5.41, 5.74) is 3.61. The van der Waals surface area contributed by atoms with Crippen LogP contribution in [0.1, 0.15) is 18.1 Å². The molecule has 0 amide bonds. The van der Waals surface area contributed by atoms with Crippen molar-refractivity contribution < 1.29 is 14.2 Å². The maximum absolute atomic E-state index is 13.3. The molecule has 0 spiro atoms. The van der Waals surface area contributed by atoms with Gasteiger partial charge in [-0.1, -0.05) is 12.1 Å². The number of fused-ring (bicyclic) bond motifs is 1. The van der Waals surface area contributed by atoms with Gasteiger partial charge in [0.05, 0.1) is 0 Å². The van der Waals surface area contributed by atoms with Crippen molar-refractivity contribution >= 4 is 11.1 Å². The summed E-state index contributed by atoms with van der Waals surface area (Å²) in [5, 5.41) is 9.57. The van der Waals surface area contributed by atoms with Gasteiger partial charge in [-0.25, -0.2) is 4.39 Å². The number of aromatic hydroxyl groups is 1. The monoisotopic (exact) mass is 256 g/mol. The smallest absolute Gasteiger partial charge is 0.127 e. The molecule has 1 aliphatic rings. The van der Waals surface area contributed by atoms with Crippen LogP contribution in [0.3, 0.4) is 0 Å². The first-order chi connectivity index (χ1) is 9.15. The number of phenolic OH excluding ortho intramolecular Hbond substituents is 1. The van der Waals surface area contributed by atoms with Gasteiger partial charge in [-0.2, -0.15) is 0 Å². The second-order valence-corrected chi connectivity index (χ2v) is 4.58. The molecule has 0 atom stereocenters. The number of halogens is 1. The van der Waals surface area contributed by atoms with Gasteiger partial charge >= 0.3 is 0 Å². The Morgan fingerprint density at radius 1 is 1.16 bits per heavy atom. The summed E-state index contributed by atoms with van der Waals surface area (Å²) in [6, 6.07) is 11.5. The summed E-state index contributed by atoms with van der Waals surface area (Å²) in [5.74, 6) is 0.678. The molecule has 0 saturated heterocycles. The standard InChI is InChI=1S/C16H13FO2/c1-10-14-8-13(18)5-6-16(14)19-9-15(10)11-3-2-4-12(17)7-11/h2-8,18H,9H2,1H3. The molecule has 19 heavy (non-hydrogen) atoms. The SMILES string of the molecule is CC1=C(c2cccc(F)c2)COc2ccc(O)cc21. The Labute approximate surface area is 110 Å². The average Bonchev–Trinajstić information content (AvgIpc) is 2.40. The van der Waals surface area contributed by atoms with E-state index in [1.807, 2.05) is 13.0 Å². The fourth-order valence-corrected chi connectivity index (χ4v) is 2.33. The van der Waals surface area contributed by atoms with E-state index in [1.165, 1.54) is 12.1 Å². The van der Waals surface area contributed by atoms with Gasteiger partial charge in [0.1, 0.15) is 23.9 Å². The molecule has 2 aromatic carbocycles. The molecule has 1 N–H and O–H groups in total. The van der Waals surface area contributed by atoms with Crippen LogP contribution >= 0.6 is 0 Å². The van der Waals surface area contributed by atoms with Gasteiger partial charge in [0.25, 0.3) is 0 Å². The van der Waals surface area contributed by atoms with Gasteiger partial charge in [0.2, 0.25) is 0 Å². The lowest BCUT2D eigenvalue weighted by molar-refractivity contribution is 0.363. The highest BCUT2D eigenvalue weighted by atomic mass is 19.1. The molecular weight excluding hydrogens is 243 g/mol. The van der Waals surface area contributed by atoms with Gasteiger partial charge in [0.15, 0.2) is 0 Å². The van der Waals surface area contributed by atoms with Crippen LogP contribution in [0, 0.1) is 5.82 Å². The Balaban J connectivity index is 2.15. The van der Waals surface area contributed by atoms with Crippen molar-refractivity contribution in [3.8, 4) is 11.5 Å². The van der Waals surface area contributed by atoms with E-state index in [9.17, 15) is 9.50 Å². The third-order valence-corrected chi connectivity index (χ3v) is 3.36. The maximum atomic E-state index is 13.3. The number of allylic oxidation sites excluding steroid dienone is 1. The lowest BCUT2D eigenvalue weighted by Gasteiger charge is -2.22. The van der Waals surface area contributed by atoms with Gasteiger partial charge in [-0.3, -0.25) is 0 Å². The minimum atomic E-state index is -0.264. The fourth-order valence-electron chi connectivity index (χ4n) is 2.33. The second kappa shape index (κ2) is 4.43. The topological polar surface area (TPSA) is 29.5 Å². The largest absolute Gasteiger partial charge is 0.508 e. The zero-order chi connectivity index (χ0) is 13.4. The minimum Gasteiger partial charge on any atom is -0.508 e. The Kier molecular flexibility index (Phi) is 2.75. The molecule has 2 aromatic rings. The van der Waals surface area contributed by atoms with E-state index in [0.29, 0.717) is 6.61 Å². The number of rotatable bonds is 1. The Hall–Kier alpha value is -2.29. The molecule has 0 radical (unpaired) electrons. The summed E-state index contributed by atoms with van der Waals surface area (Å²) in [6.07, 6.45) is 0. The fraction of sp³-hybridized carbons (Fsp3) is 0.125. The number of benzene rings is 2. The quantitative estimate of drug-likeness (QED) is 0.839. The molecule has 2 nitrogen and oxygen atoms in total. The van der Waals surface area contributed by atoms with Gasteiger partial charge in [-0.15, -0.1) is 0 Å². The molecule has 0 bridgehead atoms. The molecule has 0 aromatic heterocycles. The predicted octanol–water partition coefficient (Wildman–Crippen LogP) is 3.85. The van der Waals surface area contributed by atoms with E-state index in [4.69, 9.17) is 4.74 Å². The van der Waals surface area contributed by atoms with E-state index in [-0.39, 0.29) is 11.6 Å². The van der Waals surface area contributed by atoms with Gasteiger partial charge < -0.3 is 9.84 Å². The molecule has 96 valence electrons. The highest BCUT2D eigenvalue weighted by Gasteiger charge is 2.18. The lowest BCUT2D eigenvalue weighted by atomic mass is 9.93. The van der Waals surface area contributed by atoms with E-state index >= 15 is 0 Å². The first-order valence-corrected chi connectivity index (χ1v) is 6.07. The number of hydrogen-bond acceptors (Lipinski definition) is 2. The van der Waals surface area contributed by atoms with Gasteiger partial charge in [0, 0.05) is 11.1 Å². The molecule has 1 heterocycles. The number of hydrogen-bond donors (Lipinski definition) is 1. The first kappa shape index (κ1) is 11.8. The average molecular weight is 256 g/mol. The van der Waals surface area contributed by atoms with Gasteiger partial charge in [-0.05, 0) is 48.4 Å². The number of ether oxygens (including phenoxy) is 1. The molecule has 3 rings (SSSR count). The molecule has 0 aliphatic carbocycles. The van der Waals surface area contributed by atoms with Crippen molar-refractivity contribution in [2.24, 2.45) is 0 Å². The molecular formula is C16H13FO2. The van der Waals surface area contributed by atoms with Crippen molar-refractivity contribution in [3.63, 3.8) is 0 Å². The van der Waals surface area contributed by atoms with Crippen molar-refractivity contribution in [3.05, 3.63) is 59.4 Å². The van der Waals surface area contributed by atoms with Crippen LogP contribution in [0.15, 0.2) is 42.5 Å². The Bertz CT molecular complexity index is 674. The highest BCUT2D eigenvalue weighted by Crippen LogP contribution is 2.38. The molecule has 3 heteroatoms. The molecule has 1 aliphatic heterocycles. The highest BCUT2D eigenvalue weighted by molar-refractivity contribution is 5.93. The second-order valence-electron chi connectivity index (χ2n) is 4.58. The molecule has 0 fully saturated rings. The molecule has 0 saturated carbocycles. The van der Waals surface area contributed by atoms with E-state index < -0.39 is 0 Å². The summed E-state index contributed by atoms with van der Waals surface area (Å²) in [4.78, 5) is 0. The summed E-state index contributed by atoms with van der Waals surface area (Å²) < 4.78 is 19.0. The zero-order valence-electron chi connectivity index (χ0n) is 10.5. The van der Waals surface area contributed by atoms with E-state index in [2.05, 4.69) is 0 Å². The van der Waals surface area contributed by atoms with Crippen molar-refractivity contribution in [2.45, 2.75) is 6.92 Å². The van der Waals surface area contributed by atoms with Crippen LogP contribution in [0.25, 0.3) is 11.1 Å². The van der Waals surface area contributed by atoms with Crippen molar-refractivity contribution in [1.82, 2.24) is 0 Å².